The number of pyridine rings is 1. The second kappa shape index (κ2) is 13.2. The second-order valence-corrected chi connectivity index (χ2v) is 10.8. The maximum Gasteiger partial charge on any atom is 0.573 e. The lowest BCUT2D eigenvalue weighted by Crippen LogP contribution is -2.34. The highest BCUT2D eigenvalue weighted by Gasteiger charge is 2.31. The van der Waals surface area contributed by atoms with Crippen molar-refractivity contribution < 1.29 is 37.0 Å². The molecule has 4 aromatic rings. The number of amides is 2. The highest BCUT2D eigenvalue weighted by Crippen LogP contribution is 2.28. The normalized spacial score (nSPS) is 15.7. The molecule has 7 rings (SSSR count). The zero-order chi connectivity index (χ0) is 33.1. The topological polar surface area (TPSA) is 143 Å². The number of ether oxygens (including phenoxy) is 3. The molecule has 12 nitrogen and oxygen atoms in total. The summed E-state index contributed by atoms with van der Waals surface area (Å²) in [4.78, 5) is 48.1. The molecule has 4 heterocycles. The van der Waals surface area contributed by atoms with Gasteiger partial charge in [-0.15, -0.1) is 18.3 Å². The average molecular weight is 652 g/mol. The Labute approximate surface area is 264 Å². The molecule has 2 amide bonds. The van der Waals surface area contributed by atoms with Crippen molar-refractivity contribution in [2.24, 2.45) is 0 Å². The van der Waals surface area contributed by atoms with Crippen LogP contribution in [0.5, 0.6) is 5.75 Å². The molecule has 0 radical (unpaired) electrons. The highest BCUT2D eigenvalue weighted by molar-refractivity contribution is 6.21. The summed E-state index contributed by atoms with van der Waals surface area (Å²) in [5.74, 6) is -0.663. The molecule has 2 aliphatic heterocycles. The van der Waals surface area contributed by atoms with Crippen LogP contribution in [0.3, 0.4) is 0 Å². The van der Waals surface area contributed by atoms with Crippen molar-refractivity contribution in [3.8, 4) is 11.4 Å². The van der Waals surface area contributed by atoms with Crippen LogP contribution in [0.2, 0.25) is 0 Å². The third-order valence-corrected chi connectivity index (χ3v) is 7.63. The Kier molecular flexibility index (Phi) is 8.91. The lowest BCUT2D eigenvalue weighted by Gasteiger charge is -2.24. The molecule has 1 aliphatic carbocycles. The first kappa shape index (κ1) is 31.7. The van der Waals surface area contributed by atoms with Gasteiger partial charge < -0.3 is 24.1 Å². The summed E-state index contributed by atoms with van der Waals surface area (Å²) in [6, 6.07) is 14.9. The number of alkyl halides is 3. The number of benzene rings is 2. The molecule has 0 saturated carbocycles. The average Bonchev–Trinajstić information content (AvgIpc) is 3.66. The number of carbonyl (C=O) groups excluding carboxylic acids is 2. The van der Waals surface area contributed by atoms with Gasteiger partial charge in [-0.2, -0.15) is 4.68 Å². The van der Waals surface area contributed by atoms with E-state index in [0.717, 1.165) is 35.2 Å². The monoisotopic (exact) mass is 651 g/mol. The minimum atomic E-state index is -4.82. The van der Waals surface area contributed by atoms with Gasteiger partial charge in [0.05, 0.1) is 36.6 Å². The van der Waals surface area contributed by atoms with Gasteiger partial charge in [-0.25, -0.2) is 0 Å². The van der Waals surface area contributed by atoms with Gasteiger partial charge in [-0.3, -0.25) is 24.5 Å². The van der Waals surface area contributed by atoms with Crippen LogP contribution in [0.4, 0.5) is 24.7 Å². The van der Waals surface area contributed by atoms with Crippen LogP contribution in [-0.4, -0.2) is 52.0 Å². The van der Waals surface area contributed by atoms with Crippen molar-refractivity contribution in [3.63, 3.8) is 0 Å². The summed E-state index contributed by atoms with van der Waals surface area (Å²) in [5.41, 5.74) is 2.09. The van der Waals surface area contributed by atoms with Crippen molar-refractivity contribution in [1.82, 2.24) is 19.7 Å². The molecular formula is C32H28F3N5O7. The number of hydrogen-bond acceptors (Lipinski definition) is 9. The number of halogens is 3. The van der Waals surface area contributed by atoms with Crippen LogP contribution in [0, 0.1) is 0 Å². The fourth-order valence-electron chi connectivity index (χ4n) is 5.46. The first-order valence-electron chi connectivity index (χ1n) is 14.7. The predicted molar refractivity (Wildman–Crippen MR) is 161 cm³/mol. The number of aromatic nitrogens is 3. The van der Waals surface area contributed by atoms with E-state index in [1.807, 2.05) is 0 Å². The smallest absolute Gasteiger partial charge is 0.406 e. The first-order chi connectivity index (χ1) is 22.6. The Hall–Kier alpha value is -5.28. The second-order valence-electron chi connectivity index (χ2n) is 10.8. The zero-order valence-corrected chi connectivity index (χ0v) is 24.7. The molecule has 2 N–H and O–H groups in total. The van der Waals surface area contributed by atoms with Gasteiger partial charge >= 0.3 is 6.36 Å². The molecular weight excluding hydrogens is 623 g/mol. The molecule has 15 heteroatoms. The summed E-state index contributed by atoms with van der Waals surface area (Å²) < 4.78 is 55.1. The number of hydrogen-bond donors (Lipinski definition) is 2. The summed E-state index contributed by atoms with van der Waals surface area (Å²) in [7, 11) is 0. The number of carbonyl (C=O) groups is 2. The van der Waals surface area contributed by atoms with Gasteiger partial charge in [0.2, 0.25) is 0 Å². The predicted octanol–water partition coefficient (Wildman–Crippen LogP) is 3.86. The van der Waals surface area contributed by atoms with Crippen LogP contribution in [0.15, 0.2) is 76.4 Å². The minimum absolute atomic E-state index is 0.228. The van der Waals surface area contributed by atoms with Crippen LogP contribution < -0.4 is 26.5 Å². The first-order valence-corrected chi connectivity index (χ1v) is 14.7. The fourth-order valence-corrected chi connectivity index (χ4v) is 5.46. The van der Waals surface area contributed by atoms with Gasteiger partial charge in [0.25, 0.3) is 22.9 Å². The summed E-state index contributed by atoms with van der Waals surface area (Å²) in [6.07, 6.45) is -0.992. The van der Waals surface area contributed by atoms with E-state index in [-0.39, 0.29) is 40.9 Å². The molecule has 0 atom stereocenters. The molecule has 47 heavy (non-hydrogen) atoms. The van der Waals surface area contributed by atoms with Crippen molar-refractivity contribution in [2.45, 2.75) is 44.9 Å². The zero-order valence-electron chi connectivity index (χ0n) is 24.7. The van der Waals surface area contributed by atoms with E-state index in [2.05, 4.69) is 20.5 Å². The fraction of sp³-hybridized carbons (Fsp3) is 0.281. The highest BCUT2D eigenvalue weighted by atomic mass is 19.4. The maximum absolute atomic E-state index is 13.1. The lowest BCUT2D eigenvalue weighted by molar-refractivity contribution is -0.274. The SMILES string of the molecule is O=C1NC(=O)c2ccccc21.O=c1c(Nc2nn(-c3ccc(OC(F)(F)F)cc3)c(=O)c3c2CCC3)cccn1CC1OCCCO1. The third kappa shape index (κ3) is 7.10. The van der Waals surface area contributed by atoms with E-state index in [1.54, 1.807) is 42.6 Å². The standard InChI is InChI=1S/C24H23F3N4O5.C8H5NO2/c25-24(26,27)36-16-9-7-15(8-10-16)31-22(32)18-5-1-4-17(18)21(29-31)28-19-6-2-11-30(23(19)33)14-20-34-12-3-13-35-20;10-7-5-3-1-2-4-6(5)8(11)9-7/h2,6-11,20H,1,3-5,12-14H2,(H,28,29);1-4H,(H,9,10,11). The molecule has 2 aromatic heterocycles. The van der Waals surface area contributed by atoms with E-state index in [1.165, 1.54) is 16.7 Å². The Bertz CT molecular complexity index is 1900. The summed E-state index contributed by atoms with van der Waals surface area (Å²) in [5, 5.41) is 9.71. The molecule has 0 unspecified atom stereocenters. The van der Waals surface area contributed by atoms with Gasteiger partial charge in [-0.1, -0.05) is 12.1 Å². The molecule has 244 valence electrons. The van der Waals surface area contributed by atoms with Crippen molar-refractivity contribution >= 4 is 23.3 Å². The molecule has 3 aliphatic rings. The third-order valence-electron chi connectivity index (χ3n) is 7.63. The van der Waals surface area contributed by atoms with Gasteiger partial charge in [0.15, 0.2) is 12.1 Å². The van der Waals surface area contributed by atoms with E-state index < -0.39 is 18.4 Å². The molecule has 2 aromatic carbocycles. The minimum Gasteiger partial charge on any atom is -0.406 e. The maximum atomic E-state index is 13.1. The number of nitrogens with zero attached hydrogens (tertiary/aromatic N) is 3. The quantitative estimate of drug-likeness (QED) is 0.297. The number of rotatable bonds is 6. The Morgan fingerprint density at radius 2 is 1.51 bits per heavy atom. The molecule has 0 spiro atoms. The number of imide groups is 1. The lowest BCUT2D eigenvalue weighted by atomic mass is 10.1. The van der Waals surface area contributed by atoms with Gasteiger partial charge in [-0.05, 0) is 74.2 Å². The summed E-state index contributed by atoms with van der Waals surface area (Å²) in [6.45, 7) is 1.36. The van der Waals surface area contributed by atoms with Crippen LogP contribution in [0.25, 0.3) is 5.69 Å². The van der Waals surface area contributed by atoms with E-state index in [4.69, 9.17) is 9.47 Å². The number of fused-ring (bicyclic) bond motifs is 2. The Balaban J connectivity index is 0.000000295. The largest absolute Gasteiger partial charge is 0.573 e. The molecule has 0 bridgehead atoms. The molecule has 1 fully saturated rings. The van der Waals surface area contributed by atoms with E-state index >= 15 is 0 Å². The summed E-state index contributed by atoms with van der Waals surface area (Å²) >= 11 is 0. The van der Waals surface area contributed by atoms with Crippen LogP contribution in [-0.2, 0) is 28.9 Å². The van der Waals surface area contributed by atoms with E-state index in [0.29, 0.717) is 48.6 Å². The van der Waals surface area contributed by atoms with Crippen molar-refractivity contribution in [1.29, 1.82) is 0 Å². The van der Waals surface area contributed by atoms with Gasteiger partial charge in [0, 0.05) is 17.3 Å². The number of anilines is 2. The van der Waals surface area contributed by atoms with Crippen molar-refractivity contribution in [3.05, 3.63) is 110 Å². The number of nitrogens with one attached hydrogen (secondary N) is 2. The van der Waals surface area contributed by atoms with Crippen LogP contribution in [0.1, 0.15) is 44.7 Å². The van der Waals surface area contributed by atoms with Gasteiger partial charge in [0.1, 0.15) is 11.4 Å². The van der Waals surface area contributed by atoms with Crippen molar-refractivity contribution in [2.75, 3.05) is 18.5 Å². The van der Waals surface area contributed by atoms with E-state index in [9.17, 15) is 32.3 Å². The Morgan fingerprint density at radius 3 is 2.17 bits per heavy atom. The molecule has 1 saturated heterocycles. The Morgan fingerprint density at radius 1 is 0.851 bits per heavy atom. The van der Waals surface area contributed by atoms with Crippen LogP contribution >= 0.6 is 0 Å².